The highest BCUT2D eigenvalue weighted by molar-refractivity contribution is 7.89. The van der Waals surface area contributed by atoms with Gasteiger partial charge in [0.1, 0.15) is 0 Å². The molecule has 0 N–H and O–H groups in total. The normalized spacial score (nSPS) is 18.1. The summed E-state index contributed by atoms with van der Waals surface area (Å²) < 4.78 is 32.5. The average Bonchev–Trinajstić information content (AvgIpc) is 3.06. The van der Waals surface area contributed by atoms with Crippen LogP contribution in [-0.2, 0) is 27.7 Å². The smallest absolute Gasteiger partial charge is 0.243 e. The molecule has 0 bridgehead atoms. The van der Waals surface area contributed by atoms with E-state index in [4.69, 9.17) is 4.74 Å². The molecular weight excluding hydrogens is 348 g/mol. The first-order valence-electron chi connectivity index (χ1n) is 9.05. The second-order valence-corrected chi connectivity index (χ2v) is 8.90. The van der Waals surface area contributed by atoms with Gasteiger partial charge in [-0.15, -0.1) is 0 Å². The fourth-order valence-corrected chi connectivity index (χ4v) is 5.08. The van der Waals surface area contributed by atoms with Gasteiger partial charge in [-0.25, -0.2) is 8.42 Å². The van der Waals surface area contributed by atoms with Gasteiger partial charge >= 0.3 is 0 Å². The van der Waals surface area contributed by atoms with Crippen molar-refractivity contribution in [2.75, 3.05) is 37.7 Å². The van der Waals surface area contributed by atoms with Crippen molar-refractivity contribution in [2.45, 2.75) is 24.8 Å². The van der Waals surface area contributed by atoms with Gasteiger partial charge in [-0.3, -0.25) is 0 Å². The quantitative estimate of drug-likeness (QED) is 0.828. The summed E-state index contributed by atoms with van der Waals surface area (Å²) in [5.41, 5.74) is 4.79. The van der Waals surface area contributed by atoms with E-state index in [0.717, 1.165) is 30.8 Å². The third kappa shape index (κ3) is 3.37. The lowest BCUT2D eigenvalue weighted by molar-refractivity contribution is 0.0730. The molecule has 1 fully saturated rings. The molecule has 26 heavy (non-hydrogen) atoms. The summed E-state index contributed by atoms with van der Waals surface area (Å²) >= 11 is 0. The van der Waals surface area contributed by atoms with Crippen molar-refractivity contribution in [2.24, 2.45) is 0 Å². The van der Waals surface area contributed by atoms with Gasteiger partial charge in [0.25, 0.3) is 0 Å². The monoisotopic (exact) mass is 372 g/mol. The first-order chi connectivity index (χ1) is 12.5. The number of anilines is 1. The van der Waals surface area contributed by atoms with Crippen molar-refractivity contribution in [1.82, 2.24) is 4.31 Å². The summed E-state index contributed by atoms with van der Waals surface area (Å²) in [5, 5.41) is 0. The number of hydrogen-bond donors (Lipinski definition) is 0. The Labute approximate surface area is 155 Å². The summed E-state index contributed by atoms with van der Waals surface area (Å²) in [4.78, 5) is 2.72. The number of benzene rings is 2. The molecule has 0 aliphatic carbocycles. The minimum atomic E-state index is -3.43. The van der Waals surface area contributed by atoms with Gasteiger partial charge in [-0.2, -0.15) is 4.31 Å². The number of hydrogen-bond acceptors (Lipinski definition) is 4. The molecule has 2 heterocycles. The van der Waals surface area contributed by atoms with Gasteiger partial charge in [-0.1, -0.05) is 29.8 Å². The Morgan fingerprint density at radius 2 is 1.73 bits per heavy atom. The Morgan fingerprint density at radius 3 is 2.46 bits per heavy atom. The summed E-state index contributed by atoms with van der Waals surface area (Å²) in [7, 11) is -3.43. The molecule has 0 atom stereocenters. The van der Waals surface area contributed by atoms with E-state index in [9.17, 15) is 8.42 Å². The largest absolute Gasteiger partial charge is 0.379 e. The van der Waals surface area contributed by atoms with Crippen LogP contribution < -0.4 is 4.90 Å². The molecule has 0 saturated carbocycles. The van der Waals surface area contributed by atoms with Crippen molar-refractivity contribution in [3.63, 3.8) is 0 Å². The van der Waals surface area contributed by atoms with E-state index < -0.39 is 10.0 Å². The molecule has 2 aliphatic heterocycles. The average molecular weight is 372 g/mol. The van der Waals surface area contributed by atoms with Crippen LogP contribution in [0, 0.1) is 6.92 Å². The lowest BCUT2D eigenvalue weighted by atomic mass is 10.1. The van der Waals surface area contributed by atoms with Crippen molar-refractivity contribution in [1.29, 1.82) is 0 Å². The number of ether oxygens (including phenoxy) is 1. The van der Waals surface area contributed by atoms with Crippen LogP contribution in [0.3, 0.4) is 0 Å². The van der Waals surface area contributed by atoms with Gasteiger partial charge in [0.2, 0.25) is 10.0 Å². The highest BCUT2D eigenvalue weighted by atomic mass is 32.2. The topological polar surface area (TPSA) is 49.9 Å². The molecule has 0 spiro atoms. The molecule has 2 aromatic rings. The van der Waals surface area contributed by atoms with Gasteiger partial charge in [-0.05, 0) is 42.7 Å². The van der Waals surface area contributed by atoms with E-state index >= 15 is 0 Å². The Hall–Kier alpha value is -1.89. The van der Waals surface area contributed by atoms with E-state index in [-0.39, 0.29) is 0 Å². The maximum atomic E-state index is 12.8. The molecule has 5 nitrogen and oxygen atoms in total. The van der Waals surface area contributed by atoms with E-state index in [1.165, 1.54) is 15.4 Å². The molecular formula is C20H24N2O3S. The number of sulfonamides is 1. The molecule has 0 aromatic heterocycles. The second kappa shape index (κ2) is 7.02. The number of morpholine rings is 1. The van der Waals surface area contributed by atoms with E-state index in [2.05, 4.69) is 36.1 Å². The van der Waals surface area contributed by atoms with Crippen LogP contribution in [0.25, 0.3) is 0 Å². The van der Waals surface area contributed by atoms with Crippen LogP contribution in [0.1, 0.15) is 16.7 Å². The van der Waals surface area contributed by atoms with Crippen molar-refractivity contribution in [3.05, 3.63) is 59.2 Å². The summed E-state index contributed by atoms with van der Waals surface area (Å²) in [6, 6.07) is 14.1. The highest BCUT2D eigenvalue weighted by Crippen LogP contribution is 2.32. The van der Waals surface area contributed by atoms with E-state index in [1.807, 2.05) is 12.1 Å². The molecule has 0 unspecified atom stereocenters. The maximum absolute atomic E-state index is 12.8. The van der Waals surface area contributed by atoms with Crippen LogP contribution in [0.5, 0.6) is 0 Å². The molecule has 6 heteroatoms. The fourth-order valence-electron chi connectivity index (χ4n) is 3.62. The number of nitrogens with zero attached hydrogens (tertiary/aromatic N) is 2. The fraction of sp³-hybridized carbons (Fsp3) is 0.400. The van der Waals surface area contributed by atoms with Crippen LogP contribution in [0.15, 0.2) is 47.4 Å². The van der Waals surface area contributed by atoms with Crippen molar-refractivity contribution in [3.8, 4) is 0 Å². The molecule has 1 saturated heterocycles. The standard InChI is InChI=1S/C20H24N2O3S/c1-16-2-4-17(5-3-16)15-21-9-8-18-14-19(6-7-20(18)21)26(23,24)22-10-12-25-13-11-22/h2-7,14H,8-13,15H2,1H3. The number of fused-ring (bicyclic) bond motifs is 1. The Morgan fingerprint density at radius 1 is 1.00 bits per heavy atom. The van der Waals surface area contributed by atoms with Crippen molar-refractivity contribution < 1.29 is 13.2 Å². The first kappa shape index (κ1) is 17.5. The zero-order chi connectivity index (χ0) is 18.1. The van der Waals surface area contributed by atoms with Crippen LogP contribution in [0.4, 0.5) is 5.69 Å². The molecule has 4 rings (SSSR count). The molecule has 0 amide bonds. The van der Waals surface area contributed by atoms with Gasteiger partial charge in [0.15, 0.2) is 0 Å². The second-order valence-electron chi connectivity index (χ2n) is 6.96. The van der Waals surface area contributed by atoms with Crippen LogP contribution in [-0.4, -0.2) is 45.6 Å². The molecule has 2 aliphatic rings. The Kier molecular flexibility index (Phi) is 4.73. The zero-order valence-corrected chi connectivity index (χ0v) is 15.8. The SMILES string of the molecule is Cc1ccc(CN2CCc3cc(S(=O)(=O)N4CCOCC4)ccc32)cc1. The van der Waals surface area contributed by atoms with E-state index in [0.29, 0.717) is 31.2 Å². The maximum Gasteiger partial charge on any atom is 0.243 e. The molecule has 138 valence electrons. The number of rotatable bonds is 4. The van der Waals surface area contributed by atoms with Gasteiger partial charge in [0, 0.05) is 31.9 Å². The van der Waals surface area contributed by atoms with Crippen molar-refractivity contribution >= 4 is 15.7 Å². The summed E-state index contributed by atoms with van der Waals surface area (Å²) in [5.74, 6) is 0. The van der Waals surface area contributed by atoms with Gasteiger partial charge in [0.05, 0.1) is 18.1 Å². The lowest BCUT2D eigenvalue weighted by Crippen LogP contribution is -2.40. The molecule has 2 aromatic carbocycles. The minimum absolute atomic E-state index is 0.398. The van der Waals surface area contributed by atoms with Crippen LogP contribution >= 0.6 is 0 Å². The van der Waals surface area contributed by atoms with E-state index in [1.54, 1.807) is 6.07 Å². The predicted molar refractivity (Wildman–Crippen MR) is 102 cm³/mol. The highest BCUT2D eigenvalue weighted by Gasteiger charge is 2.28. The lowest BCUT2D eigenvalue weighted by Gasteiger charge is -2.26. The third-order valence-electron chi connectivity index (χ3n) is 5.14. The predicted octanol–water partition coefficient (Wildman–Crippen LogP) is 2.58. The minimum Gasteiger partial charge on any atom is -0.379 e. The first-order valence-corrected chi connectivity index (χ1v) is 10.5. The zero-order valence-electron chi connectivity index (χ0n) is 15.0. The van der Waals surface area contributed by atoms with Crippen LogP contribution in [0.2, 0.25) is 0 Å². The molecule has 0 radical (unpaired) electrons. The summed E-state index contributed by atoms with van der Waals surface area (Å²) in [6.07, 6.45) is 0.883. The van der Waals surface area contributed by atoms with Gasteiger partial charge < -0.3 is 9.64 Å². The Bertz CT molecular complexity index is 888. The number of aryl methyl sites for hydroxylation is 1. The Balaban J connectivity index is 1.55. The third-order valence-corrected chi connectivity index (χ3v) is 7.04. The summed E-state index contributed by atoms with van der Waals surface area (Å²) in [6.45, 7) is 5.65.